The van der Waals surface area contributed by atoms with Gasteiger partial charge in [-0.15, -0.1) is 10.2 Å². The van der Waals surface area contributed by atoms with Crippen molar-refractivity contribution in [3.05, 3.63) is 59.4 Å². The summed E-state index contributed by atoms with van der Waals surface area (Å²) in [6.07, 6.45) is 1.80. The highest BCUT2D eigenvalue weighted by molar-refractivity contribution is 7.14. The molecular formula is C22H22FN3O3S. The zero-order valence-corrected chi connectivity index (χ0v) is 17.4. The number of aromatic nitrogens is 2. The molecule has 4 rings (SSSR count). The van der Waals surface area contributed by atoms with Gasteiger partial charge in [-0.3, -0.25) is 4.79 Å². The van der Waals surface area contributed by atoms with E-state index in [-0.39, 0.29) is 24.2 Å². The summed E-state index contributed by atoms with van der Waals surface area (Å²) < 4.78 is 24.8. The van der Waals surface area contributed by atoms with Crippen LogP contribution >= 0.6 is 11.3 Å². The summed E-state index contributed by atoms with van der Waals surface area (Å²) >= 11 is 1.39. The van der Waals surface area contributed by atoms with Crippen LogP contribution in [-0.4, -0.2) is 47.8 Å². The minimum atomic E-state index is -0.310. The number of piperidine rings is 1. The molecule has 2 aromatic carbocycles. The fourth-order valence-electron chi connectivity index (χ4n) is 3.48. The highest BCUT2D eigenvalue weighted by Crippen LogP contribution is 2.33. The molecule has 1 unspecified atom stereocenters. The van der Waals surface area contributed by atoms with Gasteiger partial charge in [-0.05, 0) is 37.1 Å². The second-order valence-electron chi connectivity index (χ2n) is 7.07. The second kappa shape index (κ2) is 9.21. The second-order valence-corrected chi connectivity index (χ2v) is 8.08. The molecule has 0 spiro atoms. The summed E-state index contributed by atoms with van der Waals surface area (Å²) in [6, 6.07) is 13.7. The van der Waals surface area contributed by atoms with Gasteiger partial charge in [-0.2, -0.15) is 0 Å². The van der Waals surface area contributed by atoms with E-state index in [0.717, 1.165) is 17.8 Å². The molecule has 1 amide bonds. The Labute approximate surface area is 178 Å². The Kier molecular flexibility index (Phi) is 6.23. The molecule has 0 N–H and O–H groups in total. The minimum absolute atomic E-state index is 0.0313. The molecule has 8 heteroatoms. The van der Waals surface area contributed by atoms with Crippen molar-refractivity contribution in [1.82, 2.24) is 15.1 Å². The van der Waals surface area contributed by atoms with Crippen molar-refractivity contribution in [2.24, 2.45) is 0 Å². The van der Waals surface area contributed by atoms with E-state index in [9.17, 15) is 9.18 Å². The van der Waals surface area contributed by atoms with Crippen LogP contribution in [0.5, 0.6) is 11.5 Å². The molecule has 1 atom stereocenters. The number of ether oxygens (including phenoxy) is 2. The number of hydrogen-bond acceptors (Lipinski definition) is 6. The fraction of sp³-hybridized carbons (Fsp3) is 0.318. The van der Waals surface area contributed by atoms with Crippen molar-refractivity contribution in [3.63, 3.8) is 0 Å². The number of amides is 1. The van der Waals surface area contributed by atoms with Crippen LogP contribution in [0.4, 0.5) is 4.39 Å². The van der Waals surface area contributed by atoms with Crippen LogP contribution in [0.15, 0.2) is 48.5 Å². The zero-order chi connectivity index (χ0) is 20.9. The summed E-state index contributed by atoms with van der Waals surface area (Å²) in [5.74, 6) is 0.990. The molecule has 2 heterocycles. The summed E-state index contributed by atoms with van der Waals surface area (Å²) in [4.78, 5) is 14.5. The maximum Gasteiger partial charge on any atom is 0.260 e. The number of carbonyl (C=O) groups is 1. The number of methoxy groups -OCH3 is 1. The third-order valence-electron chi connectivity index (χ3n) is 5.07. The van der Waals surface area contributed by atoms with Gasteiger partial charge in [-0.25, -0.2) is 4.39 Å². The Balaban J connectivity index is 1.38. The Bertz CT molecular complexity index is 1030. The van der Waals surface area contributed by atoms with Gasteiger partial charge in [0, 0.05) is 30.6 Å². The number of hydrogen-bond donors (Lipinski definition) is 0. The molecule has 1 saturated heterocycles. The van der Waals surface area contributed by atoms with Gasteiger partial charge in [0.1, 0.15) is 22.3 Å². The lowest BCUT2D eigenvalue weighted by molar-refractivity contribution is -0.134. The van der Waals surface area contributed by atoms with Crippen LogP contribution in [0.1, 0.15) is 23.8 Å². The predicted molar refractivity (Wildman–Crippen MR) is 112 cm³/mol. The van der Waals surface area contributed by atoms with Crippen LogP contribution < -0.4 is 9.47 Å². The van der Waals surface area contributed by atoms with Crippen molar-refractivity contribution in [3.8, 4) is 22.1 Å². The van der Waals surface area contributed by atoms with Gasteiger partial charge in [0.05, 0.1) is 7.11 Å². The quantitative estimate of drug-likeness (QED) is 0.592. The first-order valence-corrected chi connectivity index (χ1v) is 10.6. The molecule has 30 heavy (non-hydrogen) atoms. The zero-order valence-electron chi connectivity index (χ0n) is 16.6. The van der Waals surface area contributed by atoms with E-state index in [0.29, 0.717) is 35.2 Å². The van der Waals surface area contributed by atoms with Crippen LogP contribution in [-0.2, 0) is 4.79 Å². The third-order valence-corrected chi connectivity index (χ3v) is 6.19. The maximum absolute atomic E-state index is 14.0. The van der Waals surface area contributed by atoms with Gasteiger partial charge in [0.25, 0.3) is 5.91 Å². The average Bonchev–Trinajstić information content (AvgIpc) is 3.28. The first-order valence-electron chi connectivity index (χ1n) is 9.77. The van der Waals surface area contributed by atoms with Crippen molar-refractivity contribution in [2.45, 2.75) is 18.8 Å². The molecule has 0 bridgehead atoms. The molecule has 3 aromatic rings. The lowest BCUT2D eigenvalue weighted by Gasteiger charge is -2.31. The van der Waals surface area contributed by atoms with E-state index in [1.54, 1.807) is 42.3 Å². The first-order chi connectivity index (χ1) is 14.6. The standard InChI is InChI=1S/C22H22FN3O3S/c1-28-16-7-4-8-17(12-16)29-14-20(27)26-11-5-6-15(13-26)21-24-25-22(30-21)18-9-2-3-10-19(18)23/h2-4,7-10,12,15H,5-6,11,13-14H2,1H3. The lowest BCUT2D eigenvalue weighted by Crippen LogP contribution is -2.41. The number of likely N-dealkylation sites (tertiary alicyclic amines) is 1. The van der Waals surface area contributed by atoms with E-state index in [1.807, 2.05) is 12.1 Å². The van der Waals surface area contributed by atoms with Crippen molar-refractivity contribution in [1.29, 1.82) is 0 Å². The highest BCUT2D eigenvalue weighted by Gasteiger charge is 2.28. The van der Waals surface area contributed by atoms with E-state index in [4.69, 9.17) is 9.47 Å². The monoisotopic (exact) mass is 427 g/mol. The van der Waals surface area contributed by atoms with Crippen LogP contribution in [0.25, 0.3) is 10.6 Å². The van der Waals surface area contributed by atoms with E-state index < -0.39 is 0 Å². The summed E-state index contributed by atoms with van der Waals surface area (Å²) in [7, 11) is 1.59. The number of carbonyl (C=O) groups excluding carboxylic acids is 1. The smallest absolute Gasteiger partial charge is 0.260 e. The first kappa shape index (κ1) is 20.3. The van der Waals surface area contributed by atoms with Gasteiger partial charge >= 0.3 is 0 Å². The number of nitrogens with zero attached hydrogens (tertiary/aromatic N) is 3. The highest BCUT2D eigenvalue weighted by atomic mass is 32.1. The molecule has 0 aliphatic carbocycles. The van der Waals surface area contributed by atoms with E-state index >= 15 is 0 Å². The number of rotatable bonds is 6. The normalized spacial score (nSPS) is 16.3. The van der Waals surface area contributed by atoms with Crippen molar-refractivity contribution in [2.75, 3.05) is 26.8 Å². The Morgan fingerprint density at radius 3 is 2.87 bits per heavy atom. The van der Waals surface area contributed by atoms with Crippen molar-refractivity contribution < 1.29 is 18.7 Å². The van der Waals surface area contributed by atoms with Crippen LogP contribution in [0.2, 0.25) is 0 Å². The summed E-state index contributed by atoms with van der Waals surface area (Å²) in [6.45, 7) is 1.22. The van der Waals surface area contributed by atoms with Gasteiger partial charge in [0.15, 0.2) is 11.6 Å². The van der Waals surface area contributed by atoms with E-state index in [2.05, 4.69) is 10.2 Å². The van der Waals surface area contributed by atoms with Crippen molar-refractivity contribution >= 4 is 17.2 Å². The fourth-order valence-corrected chi connectivity index (χ4v) is 4.47. The SMILES string of the molecule is COc1cccc(OCC(=O)N2CCCC(c3nnc(-c4ccccc4F)s3)C2)c1. The Morgan fingerprint density at radius 2 is 2.03 bits per heavy atom. The molecule has 0 saturated carbocycles. The van der Waals surface area contributed by atoms with Gasteiger partial charge in [-0.1, -0.05) is 29.5 Å². The number of halogens is 1. The molecule has 0 radical (unpaired) electrons. The molecular weight excluding hydrogens is 405 g/mol. The largest absolute Gasteiger partial charge is 0.497 e. The molecule has 1 aliphatic heterocycles. The lowest BCUT2D eigenvalue weighted by atomic mass is 9.99. The Hall–Kier alpha value is -3.00. The van der Waals surface area contributed by atoms with Gasteiger partial charge in [0.2, 0.25) is 0 Å². The molecule has 156 valence electrons. The average molecular weight is 428 g/mol. The molecule has 1 fully saturated rings. The predicted octanol–water partition coefficient (Wildman–Crippen LogP) is 4.14. The van der Waals surface area contributed by atoms with Crippen LogP contribution in [0.3, 0.4) is 0 Å². The summed E-state index contributed by atoms with van der Waals surface area (Å²) in [5.41, 5.74) is 0.455. The maximum atomic E-state index is 14.0. The third kappa shape index (κ3) is 4.59. The molecule has 1 aromatic heterocycles. The topological polar surface area (TPSA) is 64.6 Å². The molecule has 6 nitrogen and oxygen atoms in total. The minimum Gasteiger partial charge on any atom is -0.497 e. The summed E-state index contributed by atoms with van der Waals surface area (Å²) in [5, 5.41) is 9.85. The van der Waals surface area contributed by atoms with E-state index in [1.165, 1.54) is 17.4 Å². The van der Waals surface area contributed by atoms with Crippen LogP contribution in [0, 0.1) is 5.82 Å². The Morgan fingerprint density at radius 1 is 1.20 bits per heavy atom. The molecule has 1 aliphatic rings. The number of benzene rings is 2. The van der Waals surface area contributed by atoms with Gasteiger partial charge < -0.3 is 14.4 Å².